The third-order valence-electron chi connectivity index (χ3n) is 2.96. The molecule has 0 atom stereocenters. The summed E-state index contributed by atoms with van der Waals surface area (Å²) in [5.74, 6) is -0.586. The number of anilines is 1. The molecule has 5 nitrogen and oxygen atoms in total. The molecule has 0 aliphatic heterocycles. The van der Waals surface area contributed by atoms with E-state index in [1.807, 2.05) is 12.1 Å². The Bertz CT molecular complexity index is 745. The van der Waals surface area contributed by atoms with Gasteiger partial charge in [-0.2, -0.15) is 0 Å². The van der Waals surface area contributed by atoms with Gasteiger partial charge >= 0.3 is 0 Å². The van der Waals surface area contributed by atoms with Crippen molar-refractivity contribution in [2.45, 2.75) is 6.42 Å². The Kier molecular flexibility index (Phi) is 6.40. The lowest BCUT2D eigenvalue weighted by Gasteiger charge is -2.11. The zero-order valence-electron chi connectivity index (χ0n) is 12.6. The number of benzene rings is 2. The van der Waals surface area contributed by atoms with Crippen LogP contribution < -0.4 is 16.2 Å². The zero-order chi connectivity index (χ0) is 17.5. The average molecular weight is 409 g/mol. The van der Waals surface area contributed by atoms with Gasteiger partial charge in [0.1, 0.15) is 0 Å². The minimum Gasteiger partial charge on any atom is -0.326 e. The summed E-state index contributed by atoms with van der Waals surface area (Å²) in [6.07, 6.45) is 0.0248. The first-order valence-corrected chi connectivity index (χ1v) is 8.16. The van der Waals surface area contributed by atoms with Gasteiger partial charge in [0.2, 0.25) is 5.91 Å². The van der Waals surface area contributed by atoms with Crippen LogP contribution in [0.5, 0.6) is 0 Å². The Hall–Kier alpha value is -2.31. The number of rotatable bonds is 6. The van der Waals surface area contributed by atoms with Crippen molar-refractivity contribution in [2.75, 3.05) is 5.32 Å². The Morgan fingerprint density at radius 2 is 1.62 bits per heavy atom. The highest BCUT2D eigenvalue weighted by Gasteiger charge is 2.08. The second-order valence-corrected chi connectivity index (χ2v) is 6.27. The van der Waals surface area contributed by atoms with Gasteiger partial charge in [-0.15, -0.1) is 0 Å². The van der Waals surface area contributed by atoms with E-state index in [0.29, 0.717) is 22.0 Å². The third-order valence-corrected chi connectivity index (χ3v) is 3.74. The molecule has 0 heterocycles. The lowest BCUT2D eigenvalue weighted by atomic mass is 10.2. The molecular formula is C17H15BrClN3O2. The van der Waals surface area contributed by atoms with Crippen LogP contribution in [0.1, 0.15) is 16.8 Å². The second-order valence-electron chi connectivity index (χ2n) is 4.92. The monoisotopic (exact) mass is 407 g/mol. The molecule has 2 rings (SSSR count). The van der Waals surface area contributed by atoms with Crippen molar-refractivity contribution in [3.63, 3.8) is 0 Å². The highest BCUT2D eigenvalue weighted by Crippen LogP contribution is 2.14. The van der Waals surface area contributed by atoms with E-state index in [1.54, 1.807) is 36.4 Å². The van der Waals surface area contributed by atoms with Crippen molar-refractivity contribution in [2.24, 2.45) is 0 Å². The van der Waals surface area contributed by atoms with Crippen LogP contribution in [-0.2, 0) is 4.79 Å². The van der Waals surface area contributed by atoms with Crippen LogP contribution >= 0.6 is 27.5 Å². The fraction of sp³-hybridized carbons (Fsp3) is 0.0588. The maximum atomic E-state index is 11.9. The molecule has 124 valence electrons. The van der Waals surface area contributed by atoms with E-state index in [2.05, 4.69) is 38.7 Å². The van der Waals surface area contributed by atoms with Crippen LogP contribution in [-0.4, -0.2) is 11.8 Å². The standard InChI is InChI=1S/C17H15BrClN3O2/c1-11(10-16(23)20-15-8-4-13(18)5-9-15)21-22-17(24)12-2-6-14(19)7-3-12/h2-9,21H,1,10H2,(H,20,23)(H,22,24). The molecule has 2 amide bonds. The van der Waals surface area contributed by atoms with Gasteiger partial charge in [-0.1, -0.05) is 34.1 Å². The quantitative estimate of drug-likeness (QED) is 0.635. The first-order chi connectivity index (χ1) is 11.4. The number of halogens is 2. The van der Waals surface area contributed by atoms with Crippen LogP contribution in [0.25, 0.3) is 0 Å². The normalized spacial score (nSPS) is 9.92. The minimum atomic E-state index is -0.346. The zero-order valence-corrected chi connectivity index (χ0v) is 14.9. The van der Waals surface area contributed by atoms with Gasteiger partial charge in [-0.3, -0.25) is 15.0 Å². The number of carbonyl (C=O) groups excluding carboxylic acids is 2. The molecule has 0 radical (unpaired) electrons. The van der Waals surface area contributed by atoms with Crippen molar-refractivity contribution in [3.8, 4) is 0 Å². The fourth-order valence-corrected chi connectivity index (χ4v) is 2.19. The first-order valence-electron chi connectivity index (χ1n) is 6.99. The molecule has 24 heavy (non-hydrogen) atoms. The molecule has 0 bridgehead atoms. The second kappa shape index (κ2) is 8.52. The van der Waals surface area contributed by atoms with Gasteiger partial charge in [0.25, 0.3) is 5.91 Å². The lowest BCUT2D eigenvalue weighted by Crippen LogP contribution is -2.37. The SMILES string of the molecule is C=C(CC(=O)Nc1ccc(Br)cc1)NNC(=O)c1ccc(Cl)cc1. The number of carbonyl (C=O) groups is 2. The van der Waals surface area contributed by atoms with Gasteiger partial charge in [0, 0.05) is 26.4 Å². The molecule has 0 aliphatic carbocycles. The van der Waals surface area contributed by atoms with Crippen LogP contribution in [0, 0.1) is 0 Å². The van der Waals surface area contributed by atoms with E-state index in [4.69, 9.17) is 11.6 Å². The largest absolute Gasteiger partial charge is 0.326 e. The summed E-state index contributed by atoms with van der Waals surface area (Å²) >= 11 is 9.09. The molecule has 0 aromatic heterocycles. The summed E-state index contributed by atoms with van der Waals surface area (Å²) in [6.45, 7) is 3.71. The van der Waals surface area contributed by atoms with Crippen molar-refractivity contribution in [1.82, 2.24) is 10.9 Å². The molecular weight excluding hydrogens is 394 g/mol. The number of hydrogen-bond acceptors (Lipinski definition) is 3. The van der Waals surface area contributed by atoms with Crippen LogP contribution in [0.4, 0.5) is 5.69 Å². The summed E-state index contributed by atoms with van der Waals surface area (Å²) in [5, 5.41) is 3.29. The third kappa shape index (κ3) is 5.72. The summed E-state index contributed by atoms with van der Waals surface area (Å²) in [7, 11) is 0. The van der Waals surface area contributed by atoms with Gasteiger partial charge in [-0.05, 0) is 48.5 Å². The van der Waals surface area contributed by atoms with Crippen molar-refractivity contribution in [1.29, 1.82) is 0 Å². The number of hydrazine groups is 1. The van der Waals surface area contributed by atoms with Gasteiger partial charge in [0.15, 0.2) is 0 Å². The maximum Gasteiger partial charge on any atom is 0.269 e. The summed E-state index contributed by atoms with van der Waals surface area (Å²) in [5.41, 5.74) is 6.60. The highest BCUT2D eigenvalue weighted by molar-refractivity contribution is 9.10. The van der Waals surface area contributed by atoms with Crippen molar-refractivity contribution < 1.29 is 9.59 Å². The van der Waals surface area contributed by atoms with Gasteiger partial charge in [-0.25, -0.2) is 0 Å². The summed E-state index contributed by atoms with van der Waals surface area (Å²) in [4.78, 5) is 23.8. The molecule has 0 spiro atoms. The molecule has 7 heteroatoms. The maximum absolute atomic E-state index is 11.9. The Morgan fingerprint density at radius 1 is 1.00 bits per heavy atom. The van der Waals surface area contributed by atoms with E-state index in [0.717, 1.165) is 4.47 Å². The molecule has 0 saturated carbocycles. The topological polar surface area (TPSA) is 70.2 Å². The summed E-state index contributed by atoms with van der Waals surface area (Å²) < 4.78 is 0.927. The Balaban J connectivity index is 1.78. The predicted molar refractivity (Wildman–Crippen MR) is 98.6 cm³/mol. The number of nitrogens with one attached hydrogen (secondary N) is 3. The first kappa shape index (κ1) is 18.0. The van der Waals surface area contributed by atoms with E-state index in [-0.39, 0.29) is 18.2 Å². The fourth-order valence-electron chi connectivity index (χ4n) is 1.79. The van der Waals surface area contributed by atoms with Crippen LogP contribution in [0.15, 0.2) is 65.3 Å². The number of hydrogen-bond donors (Lipinski definition) is 3. The lowest BCUT2D eigenvalue weighted by molar-refractivity contribution is -0.115. The molecule has 0 unspecified atom stereocenters. The van der Waals surface area contributed by atoms with E-state index in [1.165, 1.54) is 0 Å². The van der Waals surface area contributed by atoms with E-state index in [9.17, 15) is 9.59 Å². The summed E-state index contributed by atoms with van der Waals surface area (Å²) in [6, 6.07) is 13.7. The Morgan fingerprint density at radius 3 is 2.25 bits per heavy atom. The molecule has 0 fully saturated rings. The van der Waals surface area contributed by atoms with Gasteiger partial charge < -0.3 is 10.7 Å². The minimum absolute atomic E-state index is 0.0248. The molecule has 0 saturated heterocycles. The molecule has 3 N–H and O–H groups in total. The molecule has 2 aromatic carbocycles. The molecule has 2 aromatic rings. The van der Waals surface area contributed by atoms with Crippen LogP contribution in [0.2, 0.25) is 5.02 Å². The van der Waals surface area contributed by atoms with E-state index >= 15 is 0 Å². The average Bonchev–Trinajstić information content (AvgIpc) is 2.55. The molecule has 0 aliphatic rings. The highest BCUT2D eigenvalue weighted by atomic mass is 79.9. The van der Waals surface area contributed by atoms with E-state index < -0.39 is 0 Å². The van der Waals surface area contributed by atoms with Crippen molar-refractivity contribution >= 4 is 45.0 Å². The van der Waals surface area contributed by atoms with Crippen LogP contribution in [0.3, 0.4) is 0 Å². The number of amides is 2. The van der Waals surface area contributed by atoms with Crippen molar-refractivity contribution in [3.05, 3.63) is 75.9 Å². The smallest absolute Gasteiger partial charge is 0.269 e. The van der Waals surface area contributed by atoms with Gasteiger partial charge in [0.05, 0.1) is 6.42 Å². The Labute approximate surface area is 153 Å². The predicted octanol–water partition coefficient (Wildman–Crippen LogP) is 3.88.